The van der Waals surface area contributed by atoms with Gasteiger partial charge in [-0.05, 0) is 81.4 Å². The average Bonchev–Trinajstić information content (AvgIpc) is 3.49. The van der Waals surface area contributed by atoms with Crippen molar-refractivity contribution in [2.24, 2.45) is 11.3 Å². The molecule has 2 aromatic carbocycles. The molecule has 0 spiro atoms. The van der Waals surface area contributed by atoms with Crippen molar-refractivity contribution in [2.75, 3.05) is 7.11 Å². The molecule has 0 amide bonds. The zero-order valence-corrected chi connectivity index (χ0v) is 26.0. The lowest BCUT2D eigenvalue weighted by Gasteiger charge is -2.67. The number of hydrogen-bond donors (Lipinski definition) is 2. The fraction of sp³-hybridized carbons (Fsp3) is 0.500. The van der Waals surface area contributed by atoms with Gasteiger partial charge >= 0.3 is 0 Å². The molecule has 3 aromatic rings. The van der Waals surface area contributed by atoms with Crippen LogP contribution >= 0.6 is 0 Å². The molecule has 0 saturated heterocycles. The summed E-state index contributed by atoms with van der Waals surface area (Å²) in [5.74, 6) is -1.26. The van der Waals surface area contributed by atoms with E-state index in [4.69, 9.17) is 14.2 Å². The van der Waals surface area contributed by atoms with Gasteiger partial charge in [0.05, 0.1) is 30.4 Å². The van der Waals surface area contributed by atoms with Crippen LogP contribution in [0.3, 0.4) is 0 Å². The number of para-hydroxylation sites is 1. The summed E-state index contributed by atoms with van der Waals surface area (Å²) in [6.07, 6.45) is 3.23. The maximum absolute atomic E-state index is 13.5. The number of hydrogen-bond acceptors (Lipinski definition) is 6. The number of nitriles is 1. The normalized spacial score (nSPS) is 34.2. The first kappa shape index (κ1) is 29.8. The number of carbonyl (C=O) groups excluding carboxylic acids is 1. The Hall–Kier alpha value is -3.28. The van der Waals surface area contributed by atoms with E-state index in [1.54, 1.807) is 19.2 Å². The molecule has 1 aromatic heterocycles. The quantitative estimate of drug-likeness (QED) is 0.251. The van der Waals surface area contributed by atoms with Crippen LogP contribution in [0.1, 0.15) is 76.3 Å². The number of nitrogens with zero attached hydrogens (tertiary/aromatic N) is 1. The number of allylic oxidation sites excluding steroid dienone is 1. The number of benzene rings is 2. The molecule has 6 atom stereocenters. The minimum Gasteiger partial charge on any atom is -0.382 e. The lowest BCUT2D eigenvalue weighted by Crippen LogP contribution is -2.74. The highest BCUT2D eigenvalue weighted by Crippen LogP contribution is 2.70. The van der Waals surface area contributed by atoms with Crippen LogP contribution in [0.5, 0.6) is 0 Å². The van der Waals surface area contributed by atoms with Gasteiger partial charge in [0.1, 0.15) is 5.60 Å². The third-order valence-electron chi connectivity index (χ3n) is 11.0. The molecule has 1 heterocycles. The Morgan fingerprint density at radius 2 is 1.88 bits per heavy atom. The van der Waals surface area contributed by atoms with Gasteiger partial charge in [-0.15, -0.1) is 0 Å². The summed E-state index contributed by atoms with van der Waals surface area (Å²) in [6, 6.07) is 17.9. The summed E-state index contributed by atoms with van der Waals surface area (Å²) in [7, 11) is 1.59. The number of rotatable bonds is 7. The smallest absolute Gasteiger partial charge is 0.194 e. The Kier molecular flexibility index (Phi) is 7.21. The van der Waals surface area contributed by atoms with Crippen LogP contribution in [-0.2, 0) is 37.4 Å². The first-order chi connectivity index (χ1) is 20.4. The molecule has 226 valence electrons. The van der Waals surface area contributed by atoms with Crippen molar-refractivity contribution in [3.05, 3.63) is 82.6 Å². The summed E-state index contributed by atoms with van der Waals surface area (Å²) in [6.45, 7) is 10.1. The van der Waals surface area contributed by atoms with Crippen molar-refractivity contribution in [3.63, 3.8) is 0 Å². The van der Waals surface area contributed by atoms with Gasteiger partial charge in [-0.2, -0.15) is 5.26 Å². The van der Waals surface area contributed by atoms with Crippen LogP contribution in [-0.4, -0.2) is 46.6 Å². The monoisotopic (exact) mass is 582 g/mol. The van der Waals surface area contributed by atoms with Gasteiger partial charge in [-0.1, -0.05) is 44.2 Å². The molecule has 2 fully saturated rings. The number of H-pyrrole nitrogens is 1. The van der Waals surface area contributed by atoms with E-state index in [1.165, 1.54) is 29.6 Å². The van der Waals surface area contributed by atoms with E-state index in [0.717, 1.165) is 17.5 Å². The zero-order valence-electron chi connectivity index (χ0n) is 26.0. The molecule has 7 heteroatoms. The summed E-state index contributed by atoms with van der Waals surface area (Å²) in [5.41, 5.74) is 2.71. The third-order valence-corrected chi connectivity index (χ3v) is 11.0. The molecule has 0 radical (unpaired) electrons. The van der Waals surface area contributed by atoms with Crippen molar-refractivity contribution in [2.45, 2.75) is 95.9 Å². The number of ether oxygens (including phenoxy) is 3. The number of carbonyl (C=O) groups is 1. The molecule has 7 nitrogen and oxygen atoms in total. The number of aliphatic hydroxyl groups is 1. The Balaban J connectivity index is 1.54. The van der Waals surface area contributed by atoms with Gasteiger partial charge < -0.3 is 24.3 Å². The fourth-order valence-electron chi connectivity index (χ4n) is 8.74. The molecule has 2 N–H and O–H groups in total. The van der Waals surface area contributed by atoms with Crippen LogP contribution in [0, 0.1) is 22.7 Å². The molecule has 2 saturated carbocycles. The van der Waals surface area contributed by atoms with Gasteiger partial charge in [-0.3, -0.25) is 4.79 Å². The molecule has 43 heavy (non-hydrogen) atoms. The van der Waals surface area contributed by atoms with Crippen LogP contribution in [0.25, 0.3) is 10.9 Å². The Labute approximate surface area is 253 Å². The molecule has 0 unspecified atom stereocenters. The third kappa shape index (κ3) is 4.18. The highest BCUT2D eigenvalue weighted by molar-refractivity contribution is 5.89. The van der Waals surface area contributed by atoms with Gasteiger partial charge in [0, 0.05) is 46.5 Å². The number of aromatic nitrogens is 1. The van der Waals surface area contributed by atoms with Crippen LogP contribution in [0.15, 0.2) is 60.2 Å². The van der Waals surface area contributed by atoms with Crippen LogP contribution in [0.2, 0.25) is 0 Å². The minimum absolute atomic E-state index is 0.183. The second-order valence-electron chi connectivity index (χ2n) is 13.4. The number of nitrogens with one attached hydrogen (secondary N) is 1. The van der Waals surface area contributed by atoms with Crippen molar-refractivity contribution < 1.29 is 24.1 Å². The van der Waals surface area contributed by atoms with Crippen LogP contribution < -0.4 is 0 Å². The number of aromatic amines is 1. The topological polar surface area (TPSA) is 105 Å². The van der Waals surface area contributed by atoms with Gasteiger partial charge in [-0.25, -0.2) is 0 Å². The van der Waals surface area contributed by atoms with Crippen molar-refractivity contribution in [3.8, 4) is 6.07 Å². The van der Waals surface area contributed by atoms with E-state index in [2.05, 4.69) is 43.1 Å². The lowest BCUT2D eigenvalue weighted by atomic mass is 9.41. The average molecular weight is 583 g/mol. The summed E-state index contributed by atoms with van der Waals surface area (Å²) in [5, 5.41) is 24.0. The molecular formula is C36H42N2O5. The molecule has 3 aliphatic rings. The molecular weight excluding hydrogens is 540 g/mol. The van der Waals surface area contributed by atoms with E-state index >= 15 is 0 Å². The largest absolute Gasteiger partial charge is 0.382 e. The van der Waals surface area contributed by atoms with E-state index in [0.29, 0.717) is 30.4 Å². The molecule has 0 bridgehead atoms. The highest BCUT2D eigenvalue weighted by Gasteiger charge is 2.75. The van der Waals surface area contributed by atoms with Crippen molar-refractivity contribution in [1.29, 1.82) is 5.26 Å². The van der Waals surface area contributed by atoms with Gasteiger partial charge in [0.25, 0.3) is 0 Å². The SMILES string of the molecule is CO[C@]1(OC(C)C)CC[C@]2(C)[C@@]3(C)c4[nH]c5ccccc5c4C[C@@H]3C[C@H](OCc3ccc(C#N)cc3)[C@@]2(O)/C1=C/C(C)=O. The summed E-state index contributed by atoms with van der Waals surface area (Å²) >= 11 is 0. The zero-order chi connectivity index (χ0) is 30.8. The van der Waals surface area contributed by atoms with Gasteiger partial charge in [0.15, 0.2) is 11.6 Å². The summed E-state index contributed by atoms with van der Waals surface area (Å²) < 4.78 is 19.4. The maximum Gasteiger partial charge on any atom is 0.194 e. The van der Waals surface area contributed by atoms with E-state index < -0.39 is 28.3 Å². The Morgan fingerprint density at radius 3 is 2.53 bits per heavy atom. The first-order valence-corrected chi connectivity index (χ1v) is 15.3. The highest BCUT2D eigenvalue weighted by atomic mass is 16.7. The predicted molar refractivity (Wildman–Crippen MR) is 164 cm³/mol. The number of ketones is 1. The van der Waals surface area contributed by atoms with Crippen molar-refractivity contribution >= 4 is 16.7 Å². The number of fused-ring (bicyclic) bond motifs is 7. The number of methoxy groups -OCH3 is 1. The molecule has 6 rings (SSSR count). The van der Waals surface area contributed by atoms with E-state index in [9.17, 15) is 15.2 Å². The molecule has 3 aliphatic carbocycles. The standard InChI is InChI=1S/C36H42N2O5/c1-22(2)43-35(41-6)16-15-33(4)34(5)26(18-28-27-9-7-8-10-29(27)38-32(28)34)19-31(36(33,40)30(35)17-23(3)39)42-21-25-13-11-24(20-37)12-14-25/h7-14,17,22,26,31,38,40H,15-16,18-19,21H2,1-6H3/b30-17+/t26-,31+,33-,34-,35+,36+/m1/s1. The Morgan fingerprint density at radius 1 is 1.16 bits per heavy atom. The fourth-order valence-corrected chi connectivity index (χ4v) is 8.74. The lowest BCUT2D eigenvalue weighted by molar-refractivity contribution is -0.300. The van der Waals surface area contributed by atoms with Crippen molar-refractivity contribution in [1.82, 2.24) is 4.98 Å². The minimum atomic E-state index is -1.60. The van der Waals surface area contributed by atoms with Gasteiger partial charge in [0.2, 0.25) is 0 Å². The Bertz CT molecular complexity index is 1630. The van der Waals surface area contributed by atoms with E-state index in [-0.39, 0.29) is 24.4 Å². The second-order valence-corrected chi connectivity index (χ2v) is 13.4. The maximum atomic E-state index is 13.5. The molecule has 0 aliphatic heterocycles. The first-order valence-electron chi connectivity index (χ1n) is 15.3. The predicted octanol–water partition coefficient (Wildman–Crippen LogP) is 6.27. The summed E-state index contributed by atoms with van der Waals surface area (Å²) in [4.78, 5) is 16.7. The van der Waals surface area contributed by atoms with E-state index in [1.807, 2.05) is 32.0 Å². The second kappa shape index (κ2) is 10.4. The van der Waals surface area contributed by atoms with Crippen LogP contribution in [0.4, 0.5) is 0 Å².